The lowest BCUT2D eigenvalue weighted by molar-refractivity contribution is -0.139. The van der Waals surface area contributed by atoms with Gasteiger partial charge in [-0.25, -0.2) is 4.98 Å². The molecule has 112 valence electrons. The van der Waals surface area contributed by atoms with Crippen LogP contribution in [0.2, 0.25) is 0 Å². The van der Waals surface area contributed by atoms with Crippen LogP contribution in [0, 0.1) is 18.3 Å². The Morgan fingerprint density at radius 1 is 1.62 bits per heavy atom. The van der Waals surface area contributed by atoms with E-state index in [1.807, 2.05) is 19.9 Å². The van der Waals surface area contributed by atoms with Crippen LogP contribution >= 0.6 is 0 Å². The topological polar surface area (TPSA) is 86.5 Å². The number of pyridine rings is 1. The van der Waals surface area contributed by atoms with E-state index in [1.54, 1.807) is 24.0 Å². The Hall–Kier alpha value is -1.97. The molecule has 1 saturated heterocycles. The SMILES string of the molecule is Cc1nc(C(=O)N2CC(CO)OC(C)(C)C2)ccc1C#N. The maximum atomic E-state index is 12.5. The van der Waals surface area contributed by atoms with Crippen LogP contribution in [0.5, 0.6) is 0 Å². The third kappa shape index (κ3) is 3.38. The molecule has 1 fully saturated rings. The molecule has 1 aliphatic rings. The quantitative estimate of drug-likeness (QED) is 0.873. The van der Waals surface area contributed by atoms with Gasteiger partial charge in [-0.05, 0) is 32.9 Å². The number of hydrogen-bond donors (Lipinski definition) is 1. The number of nitriles is 1. The molecule has 2 heterocycles. The molecule has 0 saturated carbocycles. The van der Waals surface area contributed by atoms with Gasteiger partial charge in [0.1, 0.15) is 11.8 Å². The fraction of sp³-hybridized carbons (Fsp3) is 0.533. The summed E-state index contributed by atoms with van der Waals surface area (Å²) in [6, 6.07) is 5.19. The molecule has 1 aromatic heterocycles. The van der Waals surface area contributed by atoms with E-state index in [9.17, 15) is 9.90 Å². The number of ether oxygens (including phenoxy) is 1. The van der Waals surface area contributed by atoms with Crippen molar-refractivity contribution < 1.29 is 14.6 Å². The first-order valence-corrected chi connectivity index (χ1v) is 6.82. The molecule has 0 radical (unpaired) electrons. The molecule has 0 aliphatic carbocycles. The molecular formula is C15H19N3O3. The van der Waals surface area contributed by atoms with Gasteiger partial charge >= 0.3 is 0 Å². The highest BCUT2D eigenvalue weighted by atomic mass is 16.5. The monoisotopic (exact) mass is 289 g/mol. The minimum absolute atomic E-state index is 0.132. The van der Waals surface area contributed by atoms with Crippen LogP contribution in [0.15, 0.2) is 12.1 Å². The van der Waals surface area contributed by atoms with E-state index >= 15 is 0 Å². The minimum atomic E-state index is -0.511. The van der Waals surface area contributed by atoms with E-state index in [2.05, 4.69) is 4.98 Å². The molecule has 2 rings (SSSR count). The van der Waals surface area contributed by atoms with Gasteiger partial charge in [-0.3, -0.25) is 4.79 Å². The Kier molecular flexibility index (Phi) is 4.26. The second-order valence-corrected chi connectivity index (χ2v) is 5.81. The van der Waals surface area contributed by atoms with Gasteiger partial charge in [0, 0.05) is 13.1 Å². The third-order valence-electron chi connectivity index (χ3n) is 3.40. The van der Waals surface area contributed by atoms with Crippen molar-refractivity contribution in [3.05, 3.63) is 29.1 Å². The number of amides is 1. The van der Waals surface area contributed by atoms with Crippen molar-refractivity contribution in [2.45, 2.75) is 32.5 Å². The van der Waals surface area contributed by atoms with E-state index in [0.29, 0.717) is 30.0 Å². The Labute approximate surface area is 124 Å². The largest absolute Gasteiger partial charge is 0.394 e. The van der Waals surface area contributed by atoms with E-state index < -0.39 is 11.7 Å². The van der Waals surface area contributed by atoms with Gasteiger partial charge in [-0.15, -0.1) is 0 Å². The lowest BCUT2D eigenvalue weighted by Gasteiger charge is -2.42. The van der Waals surface area contributed by atoms with Gasteiger partial charge in [-0.2, -0.15) is 5.26 Å². The van der Waals surface area contributed by atoms with Gasteiger partial charge in [0.2, 0.25) is 0 Å². The lowest BCUT2D eigenvalue weighted by atomic mass is 10.0. The first-order valence-electron chi connectivity index (χ1n) is 6.82. The van der Waals surface area contributed by atoms with E-state index in [0.717, 1.165) is 0 Å². The number of nitrogens with zero attached hydrogens (tertiary/aromatic N) is 3. The summed E-state index contributed by atoms with van der Waals surface area (Å²) in [5.41, 5.74) is 0.792. The number of rotatable bonds is 2. The maximum Gasteiger partial charge on any atom is 0.272 e. The van der Waals surface area contributed by atoms with Crippen molar-refractivity contribution in [2.24, 2.45) is 0 Å². The summed E-state index contributed by atoms with van der Waals surface area (Å²) in [7, 11) is 0. The average Bonchev–Trinajstić information content (AvgIpc) is 2.44. The number of carbonyl (C=O) groups excluding carboxylic acids is 1. The van der Waals surface area contributed by atoms with Gasteiger partial charge in [-0.1, -0.05) is 0 Å². The highest BCUT2D eigenvalue weighted by Gasteiger charge is 2.36. The van der Waals surface area contributed by atoms with E-state index in [-0.39, 0.29) is 12.5 Å². The average molecular weight is 289 g/mol. The molecule has 6 nitrogen and oxygen atoms in total. The van der Waals surface area contributed by atoms with Gasteiger partial charge in [0.05, 0.1) is 29.6 Å². The number of aliphatic hydroxyl groups is 1. The normalized spacial score (nSPS) is 20.9. The van der Waals surface area contributed by atoms with Crippen molar-refractivity contribution in [3.8, 4) is 6.07 Å². The molecule has 1 N–H and O–H groups in total. The van der Waals surface area contributed by atoms with Gasteiger partial charge in [0.25, 0.3) is 5.91 Å². The summed E-state index contributed by atoms with van der Waals surface area (Å²) in [6.07, 6.45) is -0.392. The maximum absolute atomic E-state index is 12.5. The Bertz CT molecular complexity index is 592. The summed E-state index contributed by atoms with van der Waals surface area (Å²) < 4.78 is 5.69. The third-order valence-corrected chi connectivity index (χ3v) is 3.40. The summed E-state index contributed by atoms with van der Waals surface area (Å²) in [5.74, 6) is -0.211. The van der Waals surface area contributed by atoms with Crippen molar-refractivity contribution in [1.29, 1.82) is 5.26 Å². The van der Waals surface area contributed by atoms with Crippen LogP contribution in [0.1, 0.15) is 35.6 Å². The first-order chi connectivity index (χ1) is 9.86. The Balaban J connectivity index is 2.23. The first kappa shape index (κ1) is 15.4. The molecule has 6 heteroatoms. The van der Waals surface area contributed by atoms with Crippen LogP contribution in [-0.4, -0.2) is 52.3 Å². The molecule has 21 heavy (non-hydrogen) atoms. The molecule has 1 unspecified atom stereocenters. The standard InChI is InChI=1S/C15H19N3O3/c1-10-11(6-16)4-5-13(17-10)14(20)18-7-12(8-19)21-15(2,3)9-18/h4-5,12,19H,7-9H2,1-3H3. The fourth-order valence-corrected chi connectivity index (χ4v) is 2.51. The Morgan fingerprint density at radius 3 is 2.90 bits per heavy atom. The number of morpholine rings is 1. The van der Waals surface area contributed by atoms with Crippen LogP contribution in [0.4, 0.5) is 0 Å². The van der Waals surface area contributed by atoms with Crippen molar-refractivity contribution in [3.63, 3.8) is 0 Å². The molecule has 0 spiro atoms. The smallest absolute Gasteiger partial charge is 0.272 e. The molecule has 1 amide bonds. The van der Waals surface area contributed by atoms with Gasteiger partial charge in [0.15, 0.2) is 0 Å². The number of hydrogen-bond acceptors (Lipinski definition) is 5. The molecule has 0 bridgehead atoms. The van der Waals surface area contributed by atoms with Crippen LogP contribution in [0.25, 0.3) is 0 Å². The molecule has 0 aromatic carbocycles. The predicted octanol–water partition coefficient (Wildman–Crippen LogP) is 0.874. The molecule has 1 aromatic rings. The Morgan fingerprint density at radius 2 is 2.33 bits per heavy atom. The summed E-state index contributed by atoms with van der Waals surface area (Å²) >= 11 is 0. The molecule has 1 atom stereocenters. The van der Waals surface area contributed by atoms with Crippen LogP contribution in [-0.2, 0) is 4.74 Å². The molecule has 1 aliphatic heterocycles. The van der Waals surface area contributed by atoms with Crippen molar-refractivity contribution in [2.75, 3.05) is 19.7 Å². The zero-order chi connectivity index (χ0) is 15.6. The minimum Gasteiger partial charge on any atom is -0.394 e. The highest BCUT2D eigenvalue weighted by molar-refractivity contribution is 5.92. The lowest BCUT2D eigenvalue weighted by Crippen LogP contribution is -2.55. The zero-order valence-corrected chi connectivity index (χ0v) is 12.5. The summed E-state index contributed by atoms with van der Waals surface area (Å²) in [5, 5.41) is 18.2. The van der Waals surface area contributed by atoms with Crippen molar-refractivity contribution >= 4 is 5.91 Å². The predicted molar refractivity (Wildman–Crippen MR) is 75.6 cm³/mol. The van der Waals surface area contributed by atoms with Crippen LogP contribution < -0.4 is 0 Å². The zero-order valence-electron chi connectivity index (χ0n) is 12.5. The van der Waals surface area contributed by atoms with Crippen molar-refractivity contribution in [1.82, 2.24) is 9.88 Å². The number of aromatic nitrogens is 1. The number of aryl methyl sites for hydroxylation is 1. The second-order valence-electron chi connectivity index (χ2n) is 5.81. The summed E-state index contributed by atoms with van der Waals surface area (Å²) in [6.45, 7) is 6.10. The number of carbonyl (C=O) groups is 1. The van der Waals surface area contributed by atoms with E-state index in [1.165, 1.54) is 0 Å². The van der Waals surface area contributed by atoms with Crippen LogP contribution in [0.3, 0.4) is 0 Å². The second kappa shape index (κ2) is 5.80. The molecular weight excluding hydrogens is 270 g/mol. The van der Waals surface area contributed by atoms with Gasteiger partial charge < -0.3 is 14.7 Å². The van der Waals surface area contributed by atoms with E-state index in [4.69, 9.17) is 10.00 Å². The fourth-order valence-electron chi connectivity index (χ4n) is 2.51. The highest BCUT2D eigenvalue weighted by Crippen LogP contribution is 2.22. The number of aliphatic hydroxyl groups excluding tert-OH is 1. The summed E-state index contributed by atoms with van der Waals surface area (Å²) in [4.78, 5) is 18.4.